The fourth-order valence-corrected chi connectivity index (χ4v) is 2.18. The maximum absolute atomic E-state index is 13.3. The van der Waals surface area contributed by atoms with E-state index in [1.807, 2.05) is 0 Å². The van der Waals surface area contributed by atoms with Gasteiger partial charge in [0.1, 0.15) is 0 Å². The third kappa shape index (κ3) is 1.97. The third-order valence-electron chi connectivity index (χ3n) is 2.65. The van der Waals surface area contributed by atoms with Crippen molar-refractivity contribution < 1.29 is 18.0 Å². The van der Waals surface area contributed by atoms with E-state index >= 15 is 0 Å². The third-order valence-corrected chi connectivity index (χ3v) is 3.07. The Labute approximate surface area is 93.8 Å². The highest BCUT2D eigenvalue weighted by molar-refractivity contribution is 9.10. The second kappa shape index (κ2) is 3.70. The van der Waals surface area contributed by atoms with Gasteiger partial charge in [0.25, 0.3) is 5.92 Å². The number of hydrogen-bond donors (Lipinski definition) is 0. The first-order valence-corrected chi connectivity index (χ1v) is 5.47. The van der Waals surface area contributed by atoms with Crippen LogP contribution in [-0.2, 0) is 0 Å². The standard InChI is InChI=1S/C10H9BrF2O2/c11-8-4-3-7(15-8)9(14)6-2-1-5-10(6,12)13/h3-4,6H,1-2,5H2. The van der Waals surface area contributed by atoms with Crippen molar-refractivity contribution in [2.24, 2.45) is 5.92 Å². The molecule has 0 aromatic carbocycles. The zero-order chi connectivity index (χ0) is 11.1. The summed E-state index contributed by atoms with van der Waals surface area (Å²) in [5, 5.41) is 0. The van der Waals surface area contributed by atoms with Gasteiger partial charge in [-0.05, 0) is 40.9 Å². The number of ketones is 1. The Bertz CT molecular complexity index is 387. The molecule has 0 saturated heterocycles. The molecular weight excluding hydrogens is 270 g/mol. The van der Waals surface area contributed by atoms with Crippen molar-refractivity contribution in [3.63, 3.8) is 0 Å². The van der Waals surface area contributed by atoms with Gasteiger partial charge >= 0.3 is 0 Å². The van der Waals surface area contributed by atoms with Crippen molar-refractivity contribution in [3.05, 3.63) is 22.6 Å². The van der Waals surface area contributed by atoms with E-state index in [2.05, 4.69) is 15.9 Å². The summed E-state index contributed by atoms with van der Waals surface area (Å²) in [6, 6.07) is 2.95. The van der Waals surface area contributed by atoms with Gasteiger partial charge in [-0.25, -0.2) is 8.78 Å². The van der Waals surface area contributed by atoms with Gasteiger partial charge in [0.15, 0.2) is 10.4 Å². The van der Waals surface area contributed by atoms with Crippen LogP contribution in [0.1, 0.15) is 29.8 Å². The summed E-state index contributed by atoms with van der Waals surface area (Å²) in [6.45, 7) is 0. The first-order chi connectivity index (χ1) is 7.00. The molecule has 1 aliphatic rings. The average molecular weight is 279 g/mol. The molecule has 0 amide bonds. The first-order valence-electron chi connectivity index (χ1n) is 4.68. The van der Waals surface area contributed by atoms with Crippen LogP contribution in [0.25, 0.3) is 0 Å². The number of carbonyl (C=O) groups is 1. The van der Waals surface area contributed by atoms with Crippen molar-refractivity contribution in [1.29, 1.82) is 0 Å². The molecule has 82 valence electrons. The van der Waals surface area contributed by atoms with Gasteiger partial charge in [0.05, 0.1) is 5.92 Å². The minimum Gasteiger partial charge on any atom is -0.446 e. The lowest BCUT2D eigenvalue weighted by Gasteiger charge is -2.16. The number of alkyl halides is 2. The van der Waals surface area contributed by atoms with Gasteiger partial charge in [-0.1, -0.05) is 0 Å². The van der Waals surface area contributed by atoms with Gasteiger partial charge in [-0.3, -0.25) is 4.79 Å². The molecule has 1 heterocycles. The van der Waals surface area contributed by atoms with Crippen LogP contribution in [0.15, 0.2) is 21.2 Å². The largest absolute Gasteiger partial charge is 0.446 e. The molecule has 1 fully saturated rings. The molecule has 2 rings (SSSR count). The lowest BCUT2D eigenvalue weighted by molar-refractivity contribution is -0.0276. The van der Waals surface area contributed by atoms with E-state index in [0.29, 0.717) is 11.1 Å². The molecule has 15 heavy (non-hydrogen) atoms. The highest BCUT2D eigenvalue weighted by atomic mass is 79.9. The molecule has 0 radical (unpaired) electrons. The summed E-state index contributed by atoms with van der Waals surface area (Å²) in [7, 11) is 0. The highest BCUT2D eigenvalue weighted by Gasteiger charge is 2.48. The van der Waals surface area contributed by atoms with E-state index in [4.69, 9.17) is 4.42 Å². The lowest BCUT2D eigenvalue weighted by atomic mass is 9.98. The molecular formula is C10H9BrF2O2. The monoisotopic (exact) mass is 278 g/mol. The van der Waals surface area contributed by atoms with Gasteiger partial charge < -0.3 is 4.42 Å². The molecule has 0 N–H and O–H groups in total. The quantitative estimate of drug-likeness (QED) is 0.773. The molecule has 0 bridgehead atoms. The predicted molar refractivity (Wildman–Crippen MR) is 53.0 cm³/mol. The number of Topliss-reactive ketones (excluding diaryl/α,β-unsaturated/α-hetero) is 1. The molecule has 1 aromatic heterocycles. The van der Waals surface area contributed by atoms with E-state index < -0.39 is 17.6 Å². The highest BCUT2D eigenvalue weighted by Crippen LogP contribution is 2.42. The first kappa shape index (κ1) is 10.8. The van der Waals surface area contributed by atoms with Crippen molar-refractivity contribution in [2.45, 2.75) is 25.2 Å². The molecule has 1 aliphatic carbocycles. The van der Waals surface area contributed by atoms with Crippen LogP contribution in [0.3, 0.4) is 0 Å². The second-order valence-electron chi connectivity index (χ2n) is 3.67. The van der Waals surface area contributed by atoms with E-state index in [1.54, 1.807) is 0 Å². The van der Waals surface area contributed by atoms with Crippen molar-refractivity contribution in [2.75, 3.05) is 0 Å². The van der Waals surface area contributed by atoms with Crippen LogP contribution in [0.5, 0.6) is 0 Å². The molecule has 1 saturated carbocycles. The number of halogens is 3. The number of rotatable bonds is 2. The lowest BCUT2D eigenvalue weighted by Crippen LogP contribution is -2.28. The number of furan rings is 1. The maximum atomic E-state index is 13.3. The predicted octanol–water partition coefficient (Wildman–Crippen LogP) is 3.66. The van der Waals surface area contributed by atoms with Crippen LogP contribution in [0.2, 0.25) is 0 Å². The molecule has 2 nitrogen and oxygen atoms in total. The van der Waals surface area contributed by atoms with Crippen LogP contribution in [0, 0.1) is 5.92 Å². The minimum atomic E-state index is -2.88. The van der Waals surface area contributed by atoms with Crippen molar-refractivity contribution >= 4 is 21.7 Å². The summed E-state index contributed by atoms with van der Waals surface area (Å²) < 4.78 is 31.9. The normalized spacial score (nSPS) is 24.3. The van der Waals surface area contributed by atoms with Crippen LogP contribution < -0.4 is 0 Å². The zero-order valence-electron chi connectivity index (χ0n) is 7.80. The van der Waals surface area contributed by atoms with E-state index in [1.165, 1.54) is 12.1 Å². The summed E-state index contributed by atoms with van der Waals surface area (Å²) in [6.07, 6.45) is 0.431. The molecule has 1 aromatic rings. The Morgan fingerprint density at radius 2 is 2.27 bits per heavy atom. The number of carbonyl (C=O) groups excluding carboxylic acids is 1. The van der Waals surface area contributed by atoms with Gasteiger partial charge in [0, 0.05) is 6.42 Å². The molecule has 0 aliphatic heterocycles. The maximum Gasteiger partial charge on any atom is 0.258 e. The topological polar surface area (TPSA) is 30.2 Å². The van der Waals surface area contributed by atoms with Gasteiger partial charge in [-0.2, -0.15) is 0 Å². The Balaban J connectivity index is 2.21. The minimum absolute atomic E-state index is 0.00782. The fraction of sp³-hybridized carbons (Fsp3) is 0.500. The Morgan fingerprint density at radius 3 is 2.73 bits per heavy atom. The molecule has 1 atom stereocenters. The van der Waals surface area contributed by atoms with Crippen LogP contribution >= 0.6 is 15.9 Å². The smallest absolute Gasteiger partial charge is 0.258 e. The molecule has 0 spiro atoms. The Kier molecular flexibility index (Phi) is 2.66. The summed E-state index contributed by atoms with van der Waals surface area (Å²) in [4.78, 5) is 11.7. The van der Waals surface area contributed by atoms with Crippen molar-refractivity contribution in [1.82, 2.24) is 0 Å². The summed E-state index contributed by atoms with van der Waals surface area (Å²) in [5.41, 5.74) is 0. The van der Waals surface area contributed by atoms with Gasteiger partial charge in [-0.15, -0.1) is 0 Å². The Morgan fingerprint density at radius 1 is 1.53 bits per heavy atom. The fourth-order valence-electron chi connectivity index (χ4n) is 1.87. The van der Waals surface area contributed by atoms with Crippen LogP contribution in [-0.4, -0.2) is 11.7 Å². The van der Waals surface area contributed by atoms with E-state index in [-0.39, 0.29) is 18.6 Å². The summed E-state index contributed by atoms with van der Waals surface area (Å²) in [5.74, 6) is -4.68. The van der Waals surface area contributed by atoms with Crippen LogP contribution in [0.4, 0.5) is 8.78 Å². The van der Waals surface area contributed by atoms with E-state index in [0.717, 1.165) is 0 Å². The van der Waals surface area contributed by atoms with Crippen molar-refractivity contribution in [3.8, 4) is 0 Å². The average Bonchev–Trinajstić information content (AvgIpc) is 2.70. The summed E-state index contributed by atoms with van der Waals surface area (Å²) >= 11 is 3.03. The SMILES string of the molecule is O=C(c1ccc(Br)o1)C1CCCC1(F)F. The van der Waals surface area contributed by atoms with E-state index in [9.17, 15) is 13.6 Å². The molecule has 5 heteroatoms. The zero-order valence-corrected chi connectivity index (χ0v) is 9.39. The van der Waals surface area contributed by atoms with Gasteiger partial charge in [0.2, 0.25) is 5.78 Å². The second-order valence-corrected chi connectivity index (χ2v) is 4.46. The Hall–Kier alpha value is -0.710. The molecule has 1 unspecified atom stereocenters. The number of hydrogen-bond acceptors (Lipinski definition) is 2.